The first-order valence-corrected chi connectivity index (χ1v) is 8.52. The van der Waals surface area contributed by atoms with Gasteiger partial charge in [0.05, 0.1) is 11.4 Å². The Bertz CT molecular complexity index is 632. The third kappa shape index (κ3) is 4.87. The van der Waals surface area contributed by atoms with Crippen molar-refractivity contribution in [1.29, 1.82) is 0 Å². The molecular formula is C13H15ClN4OS2. The number of carbonyl (C=O) groups is 1. The molecule has 0 radical (unpaired) electrons. The summed E-state index contributed by atoms with van der Waals surface area (Å²) in [5.41, 5.74) is 6.83. The van der Waals surface area contributed by atoms with E-state index in [1.807, 2.05) is 6.92 Å². The number of benzene rings is 1. The molecule has 0 saturated heterocycles. The van der Waals surface area contributed by atoms with E-state index in [0.29, 0.717) is 28.6 Å². The number of aryl methyl sites for hydroxylation is 1. The zero-order valence-corrected chi connectivity index (χ0v) is 13.8. The number of hydrogen-bond donors (Lipinski definition) is 2. The van der Waals surface area contributed by atoms with Crippen molar-refractivity contribution in [2.75, 3.05) is 16.8 Å². The van der Waals surface area contributed by atoms with Crippen molar-refractivity contribution in [2.24, 2.45) is 0 Å². The first-order valence-electron chi connectivity index (χ1n) is 6.38. The van der Waals surface area contributed by atoms with E-state index in [4.69, 9.17) is 17.3 Å². The van der Waals surface area contributed by atoms with Crippen LogP contribution < -0.4 is 11.1 Å². The number of carbonyl (C=O) groups excluding carboxylic acids is 1. The van der Waals surface area contributed by atoms with Gasteiger partial charge in [0.2, 0.25) is 5.91 Å². The maximum atomic E-state index is 11.9. The molecule has 0 aliphatic heterocycles. The summed E-state index contributed by atoms with van der Waals surface area (Å²) in [6.07, 6.45) is 1.21. The van der Waals surface area contributed by atoms with Crippen LogP contribution in [0.5, 0.6) is 0 Å². The topological polar surface area (TPSA) is 80.9 Å². The molecule has 2 aromatic rings. The normalized spacial score (nSPS) is 10.6. The summed E-state index contributed by atoms with van der Waals surface area (Å²) in [6.45, 7) is 2.01. The highest BCUT2D eigenvalue weighted by Gasteiger charge is 2.08. The Kier molecular flexibility index (Phi) is 5.84. The van der Waals surface area contributed by atoms with Crippen LogP contribution in [0.1, 0.15) is 19.2 Å². The molecule has 1 heterocycles. The molecule has 112 valence electrons. The van der Waals surface area contributed by atoms with Gasteiger partial charge in [-0.05, 0) is 29.7 Å². The molecule has 1 amide bonds. The van der Waals surface area contributed by atoms with Gasteiger partial charge in [-0.1, -0.05) is 30.3 Å². The molecule has 0 aliphatic rings. The van der Waals surface area contributed by atoms with Crippen LogP contribution in [-0.2, 0) is 11.2 Å². The number of nitrogens with two attached hydrogens (primary N) is 1. The molecule has 1 aromatic heterocycles. The average molecular weight is 343 g/mol. The number of nitrogens with one attached hydrogen (secondary N) is 1. The Morgan fingerprint density at radius 1 is 1.52 bits per heavy atom. The third-order valence-corrected chi connectivity index (χ3v) is 4.72. The number of thioether (sulfide) groups is 1. The summed E-state index contributed by atoms with van der Waals surface area (Å²) in [5.74, 6) is 1.41. The molecule has 2 rings (SSSR count). The number of amides is 1. The van der Waals surface area contributed by atoms with E-state index in [1.165, 1.54) is 23.3 Å². The smallest absolute Gasteiger partial charge is 0.225 e. The largest absolute Gasteiger partial charge is 0.397 e. The molecule has 1 aromatic carbocycles. The molecule has 5 nitrogen and oxygen atoms in total. The van der Waals surface area contributed by atoms with Gasteiger partial charge in [-0.2, -0.15) is 4.37 Å². The van der Waals surface area contributed by atoms with E-state index in [-0.39, 0.29) is 5.91 Å². The maximum Gasteiger partial charge on any atom is 0.225 e. The fraction of sp³-hybridized carbons (Fsp3) is 0.308. The van der Waals surface area contributed by atoms with Crippen LogP contribution in [0.3, 0.4) is 0 Å². The van der Waals surface area contributed by atoms with Gasteiger partial charge in [0.1, 0.15) is 5.82 Å². The average Bonchev–Trinajstić information content (AvgIpc) is 2.90. The van der Waals surface area contributed by atoms with E-state index in [9.17, 15) is 4.79 Å². The standard InChI is InChI=1S/C13H15ClN4OS2/c1-2-11-17-13(21-18-11)20-6-5-12(19)16-10-4-3-8(14)7-9(10)15/h3-4,7H,2,5-6,15H2,1H3,(H,16,19). The van der Waals surface area contributed by atoms with Crippen molar-refractivity contribution in [3.05, 3.63) is 29.0 Å². The fourth-order valence-corrected chi connectivity index (χ4v) is 3.42. The zero-order valence-electron chi connectivity index (χ0n) is 11.4. The van der Waals surface area contributed by atoms with Gasteiger partial charge >= 0.3 is 0 Å². The van der Waals surface area contributed by atoms with Crippen LogP contribution in [0.15, 0.2) is 22.5 Å². The molecule has 8 heteroatoms. The highest BCUT2D eigenvalue weighted by Crippen LogP contribution is 2.24. The van der Waals surface area contributed by atoms with Gasteiger partial charge in [-0.3, -0.25) is 4.79 Å². The van der Waals surface area contributed by atoms with Crippen LogP contribution >= 0.6 is 34.9 Å². The molecule has 0 unspecified atom stereocenters. The van der Waals surface area contributed by atoms with E-state index in [1.54, 1.807) is 18.2 Å². The Hall–Kier alpha value is -1.31. The number of rotatable bonds is 6. The lowest BCUT2D eigenvalue weighted by Gasteiger charge is -2.07. The monoisotopic (exact) mass is 342 g/mol. The van der Waals surface area contributed by atoms with Gasteiger partial charge in [0.15, 0.2) is 4.34 Å². The van der Waals surface area contributed by atoms with Gasteiger partial charge in [-0.15, -0.1) is 0 Å². The molecule has 3 N–H and O–H groups in total. The van der Waals surface area contributed by atoms with Crippen LogP contribution in [0, 0.1) is 0 Å². The number of nitrogen functional groups attached to an aromatic ring is 1. The molecular weight excluding hydrogens is 328 g/mol. The van der Waals surface area contributed by atoms with Crippen molar-refractivity contribution in [2.45, 2.75) is 24.1 Å². The van der Waals surface area contributed by atoms with E-state index >= 15 is 0 Å². The zero-order chi connectivity index (χ0) is 15.2. The van der Waals surface area contributed by atoms with Gasteiger partial charge in [0.25, 0.3) is 0 Å². The second kappa shape index (κ2) is 7.63. The fourth-order valence-electron chi connectivity index (χ4n) is 1.53. The number of halogens is 1. The van der Waals surface area contributed by atoms with E-state index in [2.05, 4.69) is 14.7 Å². The van der Waals surface area contributed by atoms with Crippen LogP contribution in [0.25, 0.3) is 0 Å². The minimum absolute atomic E-state index is 0.0863. The Morgan fingerprint density at radius 3 is 3.00 bits per heavy atom. The van der Waals surface area contributed by atoms with Crippen molar-refractivity contribution in [1.82, 2.24) is 9.36 Å². The predicted molar refractivity (Wildman–Crippen MR) is 89.1 cm³/mol. The summed E-state index contributed by atoms with van der Waals surface area (Å²) < 4.78 is 5.09. The summed E-state index contributed by atoms with van der Waals surface area (Å²) in [4.78, 5) is 16.2. The molecule has 0 aliphatic carbocycles. The van der Waals surface area contributed by atoms with Crippen LogP contribution in [0.2, 0.25) is 5.02 Å². The lowest BCUT2D eigenvalue weighted by atomic mass is 10.2. The third-order valence-electron chi connectivity index (χ3n) is 2.61. The SMILES string of the molecule is CCc1nsc(SCCC(=O)Nc2ccc(Cl)cc2N)n1. The highest BCUT2D eigenvalue weighted by molar-refractivity contribution is 8.00. The second-order valence-electron chi connectivity index (χ2n) is 4.21. The van der Waals surface area contributed by atoms with Crippen molar-refractivity contribution < 1.29 is 4.79 Å². The summed E-state index contributed by atoms with van der Waals surface area (Å²) in [7, 11) is 0. The van der Waals surface area contributed by atoms with Crippen LogP contribution in [0.4, 0.5) is 11.4 Å². The minimum atomic E-state index is -0.0863. The number of hydrogen-bond acceptors (Lipinski definition) is 6. The number of nitrogens with zero attached hydrogens (tertiary/aromatic N) is 2. The van der Waals surface area contributed by atoms with Gasteiger partial charge in [-0.25, -0.2) is 4.98 Å². The second-order valence-corrected chi connectivity index (χ2v) is 6.74. The summed E-state index contributed by atoms with van der Waals surface area (Å²) >= 11 is 8.71. The van der Waals surface area contributed by atoms with Crippen LogP contribution in [-0.4, -0.2) is 21.0 Å². The van der Waals surface area contributed by atoms with Gasteiger partial charge in [0, 0.05) is 23.6 Å². The molecule has 0 bridgehead atoms. The first-order chi connectivity index (χ1) is 10.1. The molecule has 0 saturated carbocycles. The lowest BCUT2D eigenvalue weighted by Crippen LogP contribution is -2.13. The molecule has 0 atom stereocenters. The van der Waals surface area contributed by atoms with Crippen molar-refractivity contribution in [3.63, 3.8) is 0 Å². The van der Waals surface area contributed by atoms with Crippen molar-refractivity contribution >= 4 is 52.2 Å². The van der Waals surface area contributed by atoms with E-state index < -0.39 is 0 Å². The lowest BCUT2D eigenvalue weighted by molar-refractivity contribution is -0.115. The van der Waals surface area contributed by atoms with Crippen molar-refractivity contribution in [3.8, 4) is 0 Å². The summed E-state index contributed by atoms with van der Waals surface area (Å²) in [5, 5.41) is 3.32. The van der Waals surface area contributed by atoms with Gasteiger partial charge < -0.3 is 11.1 Å². The molecule has 0 spiro atoms. The Morgan fingerprint density at radius 2 is 2.33 bits per heavy atom. The Balaban J connectivity index is 1.79. The Labute approximate surface area is 136 Å². The minimum Gasteiger partial charge on any atom is -0.397 e. The summed E-state index contributed by atoms with van der Waals surface area (Å²) in [6, 6.07) is 5.00. The predicted octanol–water partition coefficient (Wildman–Crippen LogP) is 3.46. The molecule has 0 fully saturated rings. The number of aromatic nitrogens is 2. The number of anilines is 2. The maximum absolute atomic E-state index is 11.9. The molecule has 21 heavy (non-hydrogen) atoms. The quantitative estimate of drug-likeness (QED) is 0.620. The highest BCUT2D eigenvalue weighted by atomic mass is 35.5. The van der Waals surface area contributed by atoms with E-state index in [0.717, 1.165) is 16.6 Å². The first kappa shape index (κ1) is 16.1.